The van der Waals surface area contributed by atoms with Crippen molar-refractivity contribution < 1.29 is 24.5 Å². The monoisotopic (exact) mass is 437 g/mol. The Morgan fingerprint density at radius 1 is 1.12 bits per heavy atom. The van der Waals surface area contributed by atoms with Crippen LogP contribution in [0.1, 0.15) is 23.6 Å². The van der Waals surface area contributed by atoms with Crippen LogP contribution in [0, 0.1) is 6.92 Å². The first-order valence-corrected chi connectivity index (χ1v) is 9.76. The zero-order valence-corrected chi connectivity index (χ0v) is 17.5. The molecule has 1 heterocycles. The Kier molecular flexibility index (Phi) is 6.79. The van der Waals surface area contributed by atoms with E-state index < -0.39 is 35.8 Å². The second kappa shape index (κ2) is 9.69. The number of nitrogens with zero attached hydrogens (tertiary/aromatic N) is 1. The Hall–Kier alpha value is -4.27. The Balaban J connectivity index is 1.82. The minimum absolute atomic E-state index is 0.307. The fourth-order valence-corrected chi connectivity index (χ4v) is 3.06. The maximum atomic E-state index is 12.5. The summed E-state index contributed by atoms with van der Waals surface area (Å²) in [5.74, 6) is -0.393. The molecule has 32 heavy (non-hydrogen) atoms. The molecule has 0 bridgehead atoms. The maximum absolute atomic E-state index is 12.5. The SMILES string of the molecule is Cc1ccccc1Oc1cccc(C(CC(=O)O)NC(=O)Nc2c(O)ccn(C)c2=O)c1. The summed E-state index contributed by atoms with van der Waals surface area (Å²) in [7, 11) is 1.47. The topological polar surface area (TPSA) is 130 Å². The number of carboxylic acid groups (broad SMARTS) is 1. The van der Waals surface area contributed by atoms with Crippen molar-refractivity contribution in [3.63, 3.8) is 0 Å². The first-order valence-electron chi connectivity index (χ1n) is 9.76. The number of carbonyl (C=O) groups is 2. The highest BCUT2D eigenvalue weighted by Gasteiger charge is 2.20. The van der Waals surface area contributed by atoms with Crippen molar-refractivity contribution in [1.82, 2.24) is 9.88 Å². The smallest absolute Gasteiger partial charge is 0.319 e. The first-order chi connectivity index (χ1) is 15.2. The number of urea groups is 1. The van der Waals surface area contributed by atoms with E-state index in [1.54, 1.807) is 24.3 Å². The number of ether oxygens (including phenoxy) is 1. The average Bonchev–Trinajstić information content (AvgIpc) is 2.75. The molecule has 1 aromatic heterocycles. The third-order valence-electron chi connectivity index (χ3n) is 4.75. The van der Waals surface area contributed by atoms with Gasteiger partial charge >= 0.3 is 12.0 Å². The van der Waals surface area contributed by atoms with E-state index in [1.165, 1.54) is 23.9 Å². The summed E-state index contributed by atoms with van der Waals surface area (Å²) in [5.41, 5.74) is 0.516. The van der Waals surface area contributed by atoms with Gasteiger partial charge in [-0.3, -0.25) is 9.59 Å². The molecule has 0 radical (unpaired) electrons. The number of carbonyl (C=O) groups excluding carboxylic acids is 1. The maximum Gasteiger partial charge on any atom is 0.319 e. The number of aliphatic carboxylic acids is 1. The average molecular weight is 437 g/mol. The zero-order chi connectivity index (χ0) is 23.3. The van der Waals surface area contributed by atoms with E-state index in [4.69, 9.17) is 4.74 Å². The van der Waals surface area contributed by atoms with E-state index in [-0.39, 0.29) is 5.69 Å². The standard InChI is InChI=1S/C23H23N3O6/c1-14-6-3-4-9-19(14)32-16-8-5-7-15(12-16)17(13-20(28)29)24-23(31)25-21-18(27)10-11-26(2)22(21)30/h3-12,17,27H,13H2,1-2H3,(H,28,29)(H2,24,25,31). The van der Waals surface area contributed by atoms with Crippen molar-refractivity contribution in [2.45, 2.75) is 19.4 Å². The van der Waals surface area contributed by atoms with Crippen LogP contribution in [0.15, 0.2) is 65.6 Å². The molecule has 0 saturated carbocycles. The fourth-order valence-electron chi connectivity index (χ4n) is 3.06. The van der Waals surface area contributed by atoms with Crippen LogP contribution in [0.2, 0.25) is 0 Å². The molecule has 0 spiro atoms. The third-order valence-corrected chi connectivity index (χ3v) is 4.75. The summed E-state index contributed by atoms with van der Waals surface area (Å²) < 4.78 is 7.09. The van der Waals surface area contributed by atoms with Crippen molar-refractivity contribution in [1.29, 1.82) is 0 Å². The van der Waals surface area contributed by atoms with Crippen LogP contribution in [-0.2, 0) is 11.8 Å². The number of aromatic nitrogens is 1. The molecule has 4 N–H and O–H groups in total. The molecule has 3 rings (SSSR count). The van der Waals surface area contributed by atoms with E-state index in [0.29, 0.717) is 17.1 Å². The van der Waals surface area contributed by atoms with Crippen LogP contribution in [-0.4, -0.2) is 26.8 Å². The number of hydrogen-bond acceptors (Lipinski definition) is 5. The minimum Gasteiger partial charge on any atom is -0.505 e. The van der Waals surface area contributed by atoms with Gasteiger partial charge < -0.3 is 30.2 Å². The number of benzene rings is 2. The number of hydrogen-bond donors (Lipinski definition) is 4. The molecule has 3 aromatic rings. The van der Waals surface area contributed by atoms with Gasteiger partial charge in [-0.25, -0.2) is 4.79 Å². The summed E-state index contributed by atoms with van der Waals surface area (Å²) in [6.45, 7) is 1.90. The van der Waals surface area contributed by atoms with Gasteiger partial charge in [-0.2, -0.15) is 0 Å². The van der Waals surface area contributed by atoms with Gasteiger partial charge in [0.15, 0.2) is 5.69 Å². The molecule has 0 aliphatic rings. The zero-order valence-electron chi connectivity index (χ0n) is 17.5. The van der Waals surface area contributed by atoms with Crippen LogP contribution < -0.4 is 20.9 Å². The largest absolute Gasteiger partial charge is 0.505 e. The normalized spacial score (nSPS) is 11.4. The van der Waals surface area contributed by atoms with Gasteiger partial charge in [0.2, 0.25) is 0 Å². The lowest BCUT2D eigenvalue weighted by molar-refractivity contribution is -0.137. The lowest BCUT2D eigenvalue weighted by atomic mass is 10.0. The van der Waals surface area contributed by atoms with E-state index in [9.17, 15) is 24.6 Å². The van der Waals surface area contributed by atoms with E-state index in [0.717, 1.165) is 5.56 Å². The van der Waals surface area contributed by atoms with Gasteiger partial charge in [-0.15, -0.1) is 0 Å². The van der Waals surface area contributed by atoms with Gasteiger partial charge in [0, 0.05) is 13.2 Å². The van der Waals surface area contributed by atoms with Gasteiger partial charge in [0.25, 0.3) is 5.56 Å². The van der Waals surface area contributed by atoms with Crippen LogP contribution in [0.5, 0.6) is 17.2 Å². The molecule has 2 aromatic carbocycles. The van der Waals surface area contributed by atoms with Crippen LogP contribution in [0.3, 0.4) is 0 Å². The van der Waals surface area contributed by atoms with Gasteiger partial charge in [-0.1, -0.05) is 30.3 Å². The lowest BCUT2D eigenvalue weighted by Crippen LogP contribution is -2.35. The van der Waals surface area contributed by atoms with Gasteiger partial charge in [0.1, 0.15) is 17.2 Å². The Morgan fingerprint density at radius 2 is 1.88 bits per heavy atom. The number of aromatic hydroxyl groups is 1. The van der Waals surface area contributed by atoms with Crippen molar-refractivity contribution in [3.05, 3.63) is 82.3 Å². The predicted octanol–water partition coefficient (Wildman–Crippen LogP) is 3.53. The molecule has 166 valence electrons. The molecule has 0 aliphatic heterocycles. The predicted molar refractivity (Wildman–Crippen MR) is 118 cm³/mol. The molecule has 9 heteroatoms. The fraction of sp³-hybridized carbons (Fsp3) is 0.174. The number of para-hydroxylation sites is 1. The van der Waals surface area contributed by atoms with E-state index in [1.807, 2.05) is 31.2 Å². The van der Waals surface area contributed by atoms with Crippen molar-refractivity contribution in [3.8, 4) is 17.2 Å². The second-order valence-corrected chi connectivity index (χ2v) is 7.18. The number of pyridine rings is 1. The summed E-state index contributed by atoms with van der Waals surface area (Å²) in [5, 5.41) is 24.1. The van der Waals surface area contributed by atoms with Crippen LogP contribution in [0.4, 0.5) is 10.5 Å². The summed E-state index contributed by atoms with van der Waals surface area (Å²) in [4.78, 5) is 36.1. The molecule has 0 saturated heterocycles. The number of rotatable bonds is 7. The van der Waals surface area contributed by atoms with Crippen molar-refractivity contribution in [2.75, 3.05) is 5.32 Å². The van der Waals surface area contributed by atoms with E-state index in [2.05, 4.69) is 10.6 Å². The quantitative estimate of drug-likeness (QED) is 0.447. The Labute approximate surface area is 183 Å². The first kappa shape index (κ1) is 22.4. The molecule has 0 fully saturated rings. The Bertz CT molecular complexity index is 1200. The number of aryl methyl sites for hydroxylation is 2. The molecular formula is C23H23N3O6. The molecular weight excluding hydrogens is 414 g/mol. The molecule has 9 nitrogen and oxygen atoms in total. The number of amides is 2. The number of anilines is 1. The number of carboxylic acids is 1. The second-order valence-electron chi connectivity index (χ2n) is 7.18. The highest BCUT2D eigenvalue weighted by Crippen LogP contribution is 2.28. The summed E-state index contributed by atoms with van der Waals surface area (Å²) >= 11 is 0. The molecule has 1 unspecified atom stereocenters. The summed E-state index contributed by atoms with van der Waals surface area (Å²) in [6, 6.07) is 13.7. The Morgan fingerprint density at radius 3 is 2.59 bits per heavy atom. The van der Waals surface area contributed by atoms with Crippen LogP contribution in [0.25, 0.3) is 0 Å². The minimum atomic E-state index is -1.13. The highest BCUT2D eigenvalue weighted by molar-refractivity contribution is 5.91. The van der Waals surface area contributed by atoms with Crippen molar-refractivity contribution in [2.24, 2.45) is 7.05 Å². The third kappa shape index (κ3) is 5.45. The number of nitrogens with one attached hydrogen (secondary N) is 2. The highest BCUT2D eigenvalue weighted by atomic mass is 16.5. The molecule has 2 amide bonds. The van der Waals surface area contributed by atoms with E-state index >= 15 is 0 Å². The molecule has 0 aliphatic carbocycles. The van der Waals surface area contributed by atoms with Gasteiger partial charge in [0.05, 0.1) is 12.5 Å². The van der Waals surface area contributed by atoms with Gasteiger partial charge in [-0.05, 0) is 42.3 Å². The molecule has 1 atom stereocenters. The van der Waals surface area contributed by atoms with Crippen molar-refractivity contribution >= 4 is 17.7 Å². The lowest BCUT2D eigenvalue weighted by Gasteiger charge is -2.19. The summed E-state index contributed by atoms with van der Waals surface area (Å²) in [6.07, 6.45) is 0.952. The van der Waals surface area contributed by atoms with Crippen LogP contribution >= 0.6 is 0 Å².